The highest BCUT2D eigenvalue weighted by atomic mass is 32.1. The standard InChI is InChI=1S/C14H14N2O3S/c1-10-8-12(19-16-10)9-15-14(18)13-11(5-7-20-13)4-2-3-6-17/h5,7-8,17H,3,6,9H2,1H3,(H,15,18). The monoisotopic (exact) mass is 290 g/mol. The van der Waals surface area contributed by atoms with Gasteiger partial charge in [-0.1, -0.05) is 17.0 Å². The van der Waals surface area contributed by atoms with Crippen LogP contribution in [0.4, 0.5) is 0 Å². The average Bonchev–Trinajstić information content (AvgIpc) is 3.05. The van der Waals surface area contributed by atoms with E-state index in [2.05, 4.69) is 22.3 Å². The molecule has 2 aromatic rings. The van der Waals surface area contributed by atoms with E-state index in [0.29, 0.717) is 29.2 Å². The summed E-state index contributed by atoms with van der Waals surface area (Å²) in [7, 11) is 0. The van der Waals surface area contributed by atoms with Gasteiger partial charge >= 0.3 is 0 Å². The number of amides is 1. The number of hydrogen-bond acceptors (Lipinski definition) is 5. The molecule has 5 nitrogen and oxygen atoms in total. The number of carbonyl (C=O) groups is 1. The Balaban J connectivity index is 1.99. The molecule has 0 saturated carbocycles. The van der Waals surface area contributed by atoms with E-state index in [-0.39, 0.29) is 12.5 Å². The van der Waals surface area contributed by atoms with Crippen LogP contribution in [0.3, 0.4) is 0 Å². The van der Waals surface area contributed by atoms with E-state index in [1.165, 1.54) is 11.3 Å². The number of aromatic nitrogens is 1. The molecular weight excluding hydrogens is 276 g/mol. The summed E-state index contributed by atoms with van der Waals surface area (Å²) in [4.78, 5) is 12.6. The summed E-state index contributed by atoms with van der Waals surface area (Å²) >= 11 is 1.33. The number of aliphatic hydroxyl groups excluding tert-OH is 1. The van der Waals surface area contributed by atoms with Crippen LogP contribution in [0.5, 0.6) is 0 Å². The van der Waals surface area contributed by atoms with Crippen LogP contribution >= 0.6 is 11.3 Å². The van der Waals surface area contributed by atoms with Crippen molar-refractivity contribution in [3.05, 3.63) is 39.4 Å². The molecule has 2 rings (SSSR count). The molecule has 0 spiro atoms. The molecule has 0 saturated heterocycles. The first kappa shape index (κ1) is 14.3. The van der Waals surface area contributed by atoms with E-state index in [1.54, 1.807) is 12.1 Å². The van der Waals surface area contributed by atoms with Gasteiger partial charge in [0.05, 0.1) is 18.8 Å². The number of aryl methyl sites for hydroxylation is 1. The van der Waals surface area contributed by atoms with Gasteiger partial charge in [-0.3, -0.25) is 4.79 Å². The summed E-state index contributed by atoms with van der Waals surface area (Å²) in [6, 6.07) is 3.57. The Morgan fingerprint density at radius 1 is 1.60 bits per heavy atom. The summed E-state index contributed by atoms with van der Waals surface area (Å²) in [5.41, 5.74) is 1.45. The minimum atomic E-state index is -0.192. The lowest BCUT2D eigenvalue weighted by atomic mass is 10.2. The topological polar surface area (TPSA) is 75.4 Å². The summed E-state index contributed by atoms with van der Waals surface area (Å²) in [6.45, 7) is 2.13. The highest BCUT2D eigenvalue weighted by Gasteiger charge is 2.12. The Morgan fingerprint density at radius 2 is 2.45 bits per heavy atom. The molecule has 0 aliphatic rings. The van der Waals surface area contributed by atoms with E-state index in [1.807, 2.05) is 12.3 Å². The van der Waals surface area contributed by atoms with Crippen molar-refractivity contribution in [1.29, 1.82) is 0 Å². The number of carbonyl (C=O) groups excluding carboxylic acids is 1. The molecule has 0 bridgehead atoms. The molecule has 0 unspecified atom stereocenters. The number of nitrogens with one attached hydrogen (secondary N) is 1. The molecular formula is C14H14N2O3S. The quantitative estimate of drug-likeness (QED) is 0.841. The molecule has 0 radical (unpaired) electrons. The Labute approximate surface area is 120 Å². The zero-order chi connectivity index (χ0) is 14.4. The molecule has 6 heteroatoms. The first-order valence-electron chi connectivity index (χ1n) is 6.08. The number of rotatable bonds is 4. The Kier molecular flexibility index (Phi) is 4.93. The lowest BCUT2D eigenvalue weighted by Crippen LogP contribution is -2.22. The molecule has 0 aliphatic heterocycles. The van der Waals surface area contributed by atoms with Gasteiger partial charge in [-0.25, -0.2) is 0 Å². The highest BCUT2D eigenvalue weighted by Crippen LogP contribution is 2.16. The van der Waals surface area contributed by atoms with Crippen LogP contribution in [-0.2, 0) is 6.54 Å². The van der Waals surface area contributed by atoms with Gasteiger partial charge in [0, 0.05) is 18.1 Å². The van der Waals surface area contributed by atoms with Gasteiger partial charge in [-0.2, -0.15) is 0 Å². The second kappa shape index (κ2) is 6.89. The second-order valence-electron chi connectivity index (χ2n) is 4.06. The van der Waals surface area contributed by atoms with Gasteiger partial charge in [0.15, 0.2) is 5.76 Å². The number of thiophene rings is 1. The van der Waals surface area contributed by atoms with Crippen molar-refractivity contribution in [2.45, 2.75) is 19.9 Å². The maximum absolute atomic E-state index is 12.1. The van der Waals surface area contributed by atoms with E-state index in [0.717, 1.165) is 5.69 Å². The zero-order valence-corrected chi connectivity index (χ0v) is 11.8. The fraction of sp³-hybridized carbons (Fsp3) is 0.286. The zero-order valence-electron chi connectivity index (χ0n) is 11.0. The molecule has 104 valence electrons. The third kappa shape index (κ3) is 3.70. The number of nitrogens with zero attached hydrogens (tertiary/aromatic N) is 1. The van der Waals surface area contributed by atoms with Crippen molar-refractivity contribution in [2.75, 3.05) is 6.61 Å². The van der Waals surface area contributed by atoms with Crippen molar-refractivity contribution in [1.82, 2.24) is 10.5 Å². The maximum Gasteiger partial charge on any atom is 0.263 e. The first-order chi connectivity index (χ1) is 9.70. The molecule has 0 aromatic carbocycles. The normalized spacial score (nSPS) is 9.90. The van der Waals surface area contributed by atoms with Crippen LogP contribution < -0.4 is 5.32 Å². The molecule has 0 fully saturated rings. The van der Waals surface area contributed by atoms with Crippen molar-refractivity contribution < 1.29 is 14.4 Å². The third-order valence-corrected chi connectivity index (χ3v) is 3.34. The summed E-state index contributed by atoms with van der Waals surface area (Å²) in [5.74, 6) is 6.11. The fourth-order valence-electron chi connectivity index (χ4n) is 1.54. The average molecular weight is 290 g/mol. The molecule has 2 heterocycles. The third-order valence-electron chi connectivity index (χ3n) is 2.43. The van der Waals surface area contributed by atoms with Crippen LogP contribution in [0.1, 0.15) is 33.1 Å². The molecule has 0 atom stereocenters. The second-order valence-corrected chi connectivity index (χ2v) is 4.97. The van der Waals surface area contributed by atoms with Gasteiger partial charge in [0.25, 0.3) is 5.91 Å². The number of aliphatic hydroxyl groups is 1. The van der Waals surface area contributed by atoms with Crippen LogP contribution in [0.25, 0.3) is 0 Å². The van der Waals surface area contributed by atoms with Gasteiger partial charge in [-0.05, 0) is 18.4 Å². The molecule has 20 heavy (non-hydrogen) atoms. The van der Waals surface area contributed by atoms with Crippen LogP contribution in [0.15, 0.2) is 22.0 Å². The first-order valence-corrected chi connectivity index (χ1v) is 6.96. The molecule has 1 amide bonds. The predicted molar refractivity (Wildman–Crippen MR) is 75.3 cm³/mol. The van der Waals surface area contributed by atoms with Crippen molar-refractivity contribution in [3.8, 4) is 11.8 Å². The highest BCUT2D eigenvalue weighted by molar-refractivity contribution is 7.12. The number of hydrogen-bond donors (Lipinski definition) is 2. The summed E-state index contributed by atoms with van der Waals surface area (Å²) in [5, 5.41) is 17.0. The largest absolute Gasteiger partial charge is 0.395 e. The maximum atomic E-state index is 12.1. The van der Waals surface area contributed by atoms with E-state index < -0.39 is 0 Å². The molecule has 2 N–H and O–H groups in total. The molecule has 2 aromatic heterocycles. The molecule has 0 aliphatic carbocycles. The lowest BCUT2D eigenvalue weighted by Gasteiger charge is -2.00. The fourth-order valence-corrected chi connectivity index (χ4v) is 2.31. The minimum Gasteiger partial charge on any atom is -0.395 e. The lowest BCUT2D eigenvalue weighted by molar-refractivity contribution is 0.0951. The van der Waals surface area contributed by atoms with Crippen molar-refractivity contribution in [3.63, 3.8) is 0 Å². The van der Waals surface area contributed by atoms with E-state index in [9.17, 15) is 4.79 Å². The van der Waals surface area contributed by atoms with Gasteiger partial charge in [0.2, 0.25) is 0 Å². The summed E-state index contributed by atoms with van der Waals surface area (Å²) in [6.07, 6.45) is 0.397. The van der Waals surface area contributed by atoms with Crippen LogP contribution in [-0.4, -0.2) is 22.8 Å². The smallest absolute Gasteiger partial charge is 0.263 e. The van der Waals surface area contributed by atoms with E-state index in [4.69, 9.17) is 9.63 Å². The van der Waals surface area contributed by atoms with Crippen LogP contribution in [0, 0.1) is 18.8 Å². The van der Waals surface area contributed by atoms with Gasteiger partial charge < -0.3 is 14.9 Å². The summed E-state index contributed by atoms with van der Waals surface area (Å²) < 4.78 is 5.02. The Morgan fingerprint density at radius 3 is 3.15 bits per heavy atom. The Hall–Kier alpha value is -2.10. The SMILES string of the molecule is Cc1cc(CNC(=O)c2sccc2C#CCCO)on1. The predicted octanol–water partition coefficient (Wildman–Crippen LogP) is 1.71. The van der Waals surface area contributed by atoms with E-state index >= 15 is 0 Å². The van der Waals surface area contributed by atoms with Gasteiger partial charge in [0.1, 0.15) is 4.88 Å². The van der Waals surface area contributed by atoms with Crippen molar-refractivity contribution in [2.24, 2.45) is 0 Å². The Bertz CT molecular complexity index is 649. The van der Waals surface area contributed by atoms with Gasteiger partial charge in [-0.15, -0.1) is 11.3 Å². The van der Waals surface area contributed by atoms with Crippen LogP contribution in [0.2, 0.25) is 0 Å². The van der Waals surface area contributed by atoms with Crippen molar-refractivity contribution >= 4 is 17.2 Å². The minimum absolute atomic E-state index is 0.0174.